The van der Waals surface area contributed by atoms with E-state index in [0.29, 0.717) is 6.04 Å². The van der Waals surface area contributed by atoms with Gasteiger partial charge in [-0.3, -0.25) is 4.84 Å². The summed E-state index contributed by atoms with van der Waals surface area (Å²) in [7, 11) is 0. The minimum absolute atomic E-state index is 0.0710. The fourth-order valence-electron chi connectivity index (χ4n) is 2.57. The van der Waals surface area contributed by atoms with Gasteiger partial charge in [0.05, 0.1) is 0 Å². The van der Waals surface area contributed by atoms with Crippen molar-refractivity contribution in [2.75, 3.05) is 19.7 Å². The number of hydrogen-bond donors (Lipinski definition) is 1. The zero-order chi connectivity index (χ0) is 11.6. The molecule has 0 amide bonds. The molecule has 0 aliphatic carbocycles. The first-order valence-electron chi connectivity index (χ1n) is 5.73. The monoisotopic (exact) mass is 238 g/mol. The van der Waals surface area contributed by atoms with Crippen LogP contribution in [0.1, 0.15) is 25.7 Å². The van der Waals surface area contributed by atoms with Crippen LogP contribution in [0.5, 0.6) is 0 Å². The van der Waals surface area contributed by atoms with Crippen LogP contribution in [0.15, 0.2) is 0 Å². The molecule has 6 heteroatoms. The molecule has 0 bridgehead atoms. The van der Waals surface area contributed by atoms with Crippen LogP contribution >= 0.6 is 0 Å². The molecule has 2 rings (SSSR count). The molecular formula is C10H17F3N2O. The highest BCUT2D eigenvalue weighted by atomic mass is 19.4. The van der Waals surface area contributed by atoms with E-state index in [2.05, 4.69) is 15.2 Å². The van der Waals surface area contributed by atoms with Gasteiger partial charge >= 0.3 is 6.18 Å². The third kappa shape index (κ3) is 3.33. The maximum atomic E-state index is 11.9. The molecule has 0 radical (unpaired) electrons. The minimum Gasteiger partial charge on any atom is -0.300 e. The number of nitrogens with one attached hydrogen (secondary N) is 1. The lowest BCUT2D eigenvalue weighted by atomic mass is 9.98. The second-order valence-electron chi connectivity index (χ2n) is 4.58. The second kappa shape index (κ2) is 4.89. The standard InChI is InChI=1S/C10H17F3N2O/c11-10(12,13)7-16-14-8-3-5-15-4-1-2-9(15)6-8/h8-9,14H,1-7H2. The molecule has 0 saturated carbocycles. The molecule has 94 valence electrons. The number of rotatable bonds is 3. The van der Waals surface area contributed by atoms with Crippen molar-refractivity contribution in [3.8, 4) is 0 Å². The predicted octanol–water partition coefficient (Wildman–Crippen LogP) is 1.70. The van der Waals surface area contributed by atoms with Crippen LogP contribution in [0.4, 0.5) is 13.2 Å². The summed E-state index contributed by atoms with van der Waals surface area (Å²) in [4.78, 5) is 6.91. The van der Waals surface area contributed by atoms with E-state index in [1.807, 2.05) is 0 Å². The van der Waals surface area contributed by atoms with Crippen LogP contribution in [0, 0.1) is 0 Å². The summed E-state index contributed by atoms with van der Waals surface area (Å²) in [6, 6.07) is 0.613. The Morgan fingerprint density at radius 3 is 2.81 bits per heavy atom. The van der Waals surface area contributed by atoms with Crippen LogP contribution in [-0.2, 0) is 4.84 Å². The highest BCUT2D eigenvalue weighted by Crippen LogP contribution is 2.26. The van der Waals surface area contributed by atoms with E-state index in [9.17, 15) is 13.2 Å². The van der Waals surface area contributed by atoms with Gasteiger partial charge in [-0.25, -0.2) is 0 Å². The quantitative estimate of drug-likeness (QED) is 0.757. The first-order chi connectivity index (χ1) is 7.54. The van der Waals surface area contributed by atoms with E-state index < -0.39 is 12.8 Å². The highest BCUT2D eigenvalue weighted by Gasteiger charge is 2.33. The molecule has 2 fully saturated rings. The Labute approximate surface area is 92.9 Å². The predicted molar refractivity (Wildman–Crippen MR) is 52.8 cm³/mol. The van der Waals surface area contributed by atoms with Crippen LogP contribution in [0.2, 0.25) is 0 Å². The van der Waals surface area contributed by atoms with Gasteiger partial charge in [-0.1, -0.05) is 0 Å². The topological polar surface area (TPSA) is 24.5 Å². The highest BCUT2D eigenvalue weighted by molar-refractivity contribution is 4.88. The molecule has 2 aliphatic heterocycles. The van der Waals surface area contributed by atoms with Gasteiger partial charge in [-0.2, -0.15) is 18.7 Å². The smallest absolute Gasteiger partial charge is 0.300 e. The SMILES string of the molecule is FC(F)(F)CONC1CCN2CCCC2C1. The number of hydroxylamine groups is 1. The zero-order valence-electron chi connectivity index (χ0n) is 9.09. The summed E-state index contributed by atoms with van der Waals surface area (Å²) in [6.45, 7) is 0.899. The lowest BCUT2D eigenvalue weighted by Gasteiger charge is -2.34. The average Bonchev–Trinajstić information content (AvgIpc) is 2.62. The van der Waals surface area contributed by atoms with Gasteiger partial charge in [0.2, 0.25) is 0 Å². The van der Waals surface area contributed by atoms with Crippen molar-refractivity contribution < 1.29 is 18.0 Å². The van der Waals surface area contributed by atoms with E-state index >= 15 is 0 Å². The number of alkyl halides is 3. The minimum atomic E-state index is -4.25. The first kappa shape index (κ1) is 12.1. The Bertz CT molecular complexity index is 235. The fourth-order valence-corrected chi connectivity index (χ4v) is 2.57. The third-order valence-electron chi connectivity index (χ3n) is 3.31. The van der Waals surface area contributed by atoms with E-state index in [-0.39, 0.29) is 6.04 Å². The van der Waals surface area contributed by atoms with Crippen molar-refractivity contribution >= 4 is 0 Å². The van der Waals surface area contributed by atoms with Gasteiger partial charge in [-0.15, -0.1) is 0 Å². The van der Waals surface area contributed by atoms with Gasteiger partial charge in [0.1, 0.15) is 0 Å². The number of hydrogen-bond acceptors (Lipinski definition) is 3. The van der Waals surface area contributed by atoms with Crippen molar-refractivity contribution in [3.63, 3.8) is 0 Å². The van der Waals surface area contributed by atoms with Gasteiger partial charge in [-0.05, 0) is 38.8 Å². The molecule has 0 aromatic rings. The van der Waals surface area contributed by atoms with Crippen LogP contribution in [-0.4, -0.2) is 42.9 Å². The molecule has 2 atom stereocenters. The van der Waals surface area contributed by atoms with Crippen LogP contribution in [0.25, 0.3) is 0 Å². The zero-order valence-corrected chi connectivity index (χ0v) is 9.09. The maximum Gasteiger partial charge on any atom is 0.413 e. The Hall–Kier alpha value is -0.330. The van der Waals surface area contributed by atoms with Gasteiger partial charge < -0.3 is 4.90 Å². The molecule has 2 unspecified atom stereocenters. The van der Waals surface area contributed by atoms with E-state index in [1.165, 1.54) is 6.42 Å². The van der Waals surface area contributed by atoms with E-state index in [4.69, 9.17) is 0 Å². The normalized spacial score (nSPS) is 31.7. The molecule has 2 heterocycles. The van der Waals surface area contributed by atoms with Crippen molar-refractivity contribution in [2.24, 2.45) is 0 Å². The van der Waals surface area contributed by atoms with Crippen LogP contribution in [0.3, 0.4) is 0 Å². The second-order valence-corrected chi connectivity index (χ2v) is 4.58. The summed E-state index contributed by atoms with van der Waals surface area (Å²) >= 11 is 0. The molecule has 0 aromatic heterocycles. The van der Waals surface area contributed by atoms with Gasteiger partial charge in [0.15, 0.2) is 6.61 Å². The van der Waals surface area contributed by atoms with Crippen molar-refractivity contribution in [1.29, 1.82) is 0 Å². The summed E-state index contributed by atoms with van der Waals surface area (Å²) in [5.74, 6) is 0. The lowest BCUT2D eigenvalue weighted by Crippen LogP contribution is -2.46. The van der Waals surface area contributed by atoms with Gasteiger partial charge in [0, 0.05) is 12.1 Å². The molecule has 0 spiro atoms. The summed E-state index contributed by atoms with van der Waals surface area (Å²) in [6.07, 6.45) is -0.106. The summed E-state index contributed by atoms with van der Waals surface area (Å²) in [5.41, 5.74) is 2.54. The Balaban J connectivity index is 1.67. The number of halogens is 3. The van der Waals surface area contributed by atoms with Crippen molar-refractivity contribution in [3.05, 3.63) is 0 Å². The molecule has 2 aliphatic rings. The molecule has 16 heavy (non-hydrogen) atoms. The van der Waals surface area contributed by atoms with Crippen molar-refractivity contribution in [2.45, 2.75) is 43.9 Å². The Morgan fingerprint density at radius 2 is 2.06 bits per heavy atom. The summed E-state index contributed by atoms with van der Waals surface area (Å²) in [5, 5.41) is 0. The third-order valence-corrected chi connectivity index (χ3v) is 3.31. The van der Waals surface area contributed by atoms with E-state index in [0.717, 1.165) is 32.4 Å². The van der Waals surface area contributed by atoms with Crippen LogP contribution < -0.4 is 5.48 Å². The number of piperidine rings is 1. The number of fused-ring (bicyclic) bond motifs is 1. The molecule has 2 saturated heterocycles. The molecule has 1 N–H and O–H groups in total. The number of nitrogens with zero attached hydrogens (tertiary/aromatic N) is 1. The largest absolute Gasteiger partial charge is 0.413 e. The lowest BCUT2D eigenvalue weighted by molar-refractivity contribution is -0.194. The Morgan fingerprint density at radius 1 is 1.25 bits per heavy atom. The average molecular weight is 238 g/mol. The van der Waals surface area contributed by atoms with E-state index in [1.54, 1.807) is 0 Å². The first-order valence-corrected chi connectivity index (χ1v) is 5.73. The summed E-state index contributed by atoms with van der Waals surface area (Å²) < 4.78 is 35.6. The molecule has 0 aromatic carbocycles. The molecule has 3 nitrogen and oxygen atoms in total. The molecular weight excluding hydrogens is 221 g/mol. The Kier molecular flexibility index (Phi) is 3.71. The maximum absolute atomic E-state index is 11.9. The fraction of sp³-hybridized carbons (Fsp3) is 1.00. The van der Waals surface area contributed by atoms with Crippen molar-refractivity contribution in [1.82, 2.24) is 10.4 Å². The van der Waals surface area contributed by atoms with Gasteiger partial charge in [0.25, 0.3) is 0 Å².